The molecule has 1 N–H and O–H groups in total. The van der Waals surface area contributed by atoms with Crippen LogP contribution in [0.25, 0.3) is 11.3 Å². The molecule has 1 saturated heterocycles. The first-order valence-corrected chi connectivity index (χ1v) is 9.38. The van der Waals surface area contributed by atoms with Gasteiger partial charge >= 0.3 is 12.4 Å². The summed E-state index contributed by atoms with van der Waals surface area (Å²) in [7, 11) is 1.55. The Kier molecular flexibility index (Phi) is 6.40. The van der Waals surface area contributed by atoms with Crippen molar-refractivity contribution in [2.45, 2.75) is 50.5 Å². The number of rotatable bonds is 4. The van der Waals surface area contributed by atoms with Crippen molar-refractivity contribution in [3.05, 3.63) is 41.6 Å². The van der Waals surface area contributed by atoms with Gasteiger partial charge in [0.2, 0.25) is 11.7 Å². The molecule has 0 bridgehead atoms. The quantitative estimate of drug-likeness (QED) is 0.699. The van der Waals surface area contributed by atoms with Crippen molar-refractivity contribution in [2.75, 3.05) is 7.05 Å². The number of nitrogens with zero attached hydrogens (tertiary/aromatic N) is 4. The minimum Gasteiger partial charge on any atom is -0.351 e. The van der Waals surface area contributed by atoms with Gasteiger partial charge in [-0.15, -0.1) is 0 Å². The lowest BCUT2D eigenvalue weighted by atomic mass is 10.1. The van der Waals surface area contributed by atoms with Crippen molar-refractivity contribution in [1.29, 1.82) is 0 Å². The third-order valence-corrected chi connectivity index (χ3v) is 5.36. The van der Waals surface area contributed by atoms with Gasteiger partial charge in [-0.3, -0.25) is 14.7 Å². The molecule has 0 unspecified atom stereocenters. The van der Waals surface area contributed by atoms with Crippen LogP contribution in [0.15, 0.2) is 24.7 Å². The van der Waals surface area contributed by atoms with Gasteiger partial charge in [-0.25, -0.2) is 14.4 Å². The van der Waals surface area contributed by atoms with E-state index in [0.29, 0.717) is 6.20 Å². The lowest BCUT2D eigenvalue weighted by Crippen LogP contribution is -2.43. The van der Waals surface area contributed by atoms with Crippen LogP contribution in [0.2, 0.25) is 0 Å². The number of hydrogen-bond acceptors (Lipinski definition) is 5. The van der Waals surface area contributed by atoms with Crippen LogP contribution in [0.1, 0.15) is 30.3 Å². The number of carbonyl (C=O) groups is 1. The minimum absolute atomic E-state index is 0.0380. The summed E-state index contributed by atoms with van der Waals surface area (Å²) in [6.45, 7) is 1.06. The monoisotopic (exact) mass is 465 g/mol. The van der Waals surface area contributed by atoms with Gasteiger partial charge in [-0.1, -0.05) is 0 Å². The lowest BCUT2D eigenvalue weighted by Gasteiger charge is -2.22. The number of alkyl halides is 7. The Labute approximate surface area is 177 Å². The first kappa shape index (κ1) is 23.8. The zero-order valence-electron chi connectivity index (χ0n) is 16.8. The molecule has 0 aliphatic carbocycles. The summed E-state index contributed by atoms with van der Waals surface area (Å²) in [6, 6.07) is -0.351. The molecule has 6 nitrogen and oxygen atoms in total. The number of likely N-dealkylation sites (N-methyl/N-ethyl adjacent to an activating group) is 1. The third kappa shape index (κ3) is 4.97. The average molecular weight is 465 g/mol. The summed E-state index contributed by atoms with van der Waals surface area (Å²) in [5, 5.41) is 2.38. The predicted molar refractivity (Wildman–Crippen MR) is 97.6 cm³/mol. The summed E-state index contributed by atoms with van der Waals surface area (Å²) in [6.07, 6.45) is -8.77. The molecule has 0 radical (unpaired) electrons. The zero-order valence-corrected chi connectivity index (χ0v) is 16.8. The summed E-state index contributed by atoms with van der Waals surface area (Å²) < 4.78 is 91.9. The van der Waals surface area contributed by atoms with E-state index in [9.17, 15) is 35.5 Å². The number of amides is 1. The Morgan fingerprint density at radius 1 is 1.09 bits per heavy atom. The molecule has 2 aromatic heterocycles. The maximum atomic E-state index is 13.8. The number of nitrogens with one attached hydrogen (secondary N) is 1. The number of likely N-dealkylation sites (tertiary alicyclic amines) is 1. The van der Waals surface area contributed by atoms with Crippen LogP contribution in [-0.4, -0.2) is 51.1 Å². The number of halogens is 7. The molecule has 32 heavy (non-hydrogen) atoms. The Balaban J connectivity index is 1.85. The number of aromatic nitrogens is 3. The second kappa shape index (κ2) is 8.60. The molecule has 0 aromatic carbocycles. The molecule has 3 rings (SSSR count). The molecule has 1 fully saturated rings. The molecule has 0 spiro atoms. The SMILES string of the molecule is C[C@H]1[C@H](F)C[C@@H](C(=O)NCc2cc(-c3cnc(C(F)(F)F)nc3)ncc2C(F)(F)F)N1C. The maximum absolute atomic E-state index is 13.8. The van der Waals surface area contributed by atoms with E-state index in [1.54, 1.807) is 14.0 Å². The van der Waals surface area contributed by atoms with Crippen molar-refractivity contribution in [1.82, 2.24) is 25.2 Å². The van der Waals surface area contributed by atoms with Crippen LogP contribution >= 0.6 is 0 Å². The minimum atomic E-state index is -4.79. The molecule has 1 amide bonds. The van der Waals surface area contributed by atoms with E-state index in [1.165, 1.54) is 4.90 Å². The molecule has 174 valence electrons. The van der Waals surface area contributed by atoms with E-state index in [2.05, 4.69) is 20.3 Å². The molecular formula is C19H18F7N5O. The van der Waals surface area contributed by atoms with Crippen molar-refractivity contribution >= 4 is 5.91 Å². The Hall–Kier alpha value is -2.83. The van der Waals surface area contributed by atoms with Crippen LogP contribution < -0.4 is 5.32 Å². The van der Waals surface area contributed by atoms with E-state index >= 15 is 0 Å². The summed E-state index contributed by atoms with van der Waals surface area (Å²) in [5.74, 6) is -2.04. The van der Waals surface area contributed by atoms with E-state index in [0.717, 1.165) is 18.5 Å². The topological polar surface area (TPSA) is 71.0 Å². The highest BCUT2D eigenvalue weighted by Gasteiger charge is 2.40. The fourth-order valence-corrected chi connectivity index (χ4v) is 3.37. The average Bonchev–Trinajstić information content (AvgIpc) is 2.98. The lowest BCUT2D eigenvalue weighted by molar-refractivity contribution is -0.145. The maximum Gasteiger partial charge on any atom is 0.451 e. The zero-order chi connectivity index (χ0) is 23.8. The molecule has 13 heteroatoms. The standard InChI is InChI=1S/C19H18F7N5O/c1-9-13(20)4-15(31(9)2)16(32)28-5-10-3-14(27-8-12(10)18(21,22)23)11-6-29-17(30-7-11)19(24,25)26/h3,6-9,13,15H,4-5H2,1-2H3,(H,28,32)/t9-,13+,15-/m0/s1. The fourth-order valence-electron chi connectivity index (χ4n) is 3.37. The second-order valence-corrected chi connectivity index (χ2v) is 7.41. The highest BCUT2D eigenvalue weighted by molar-refractivity contribution is 5.82. The molecule has 3 atom stereocenters. The highest BCUT2D eigenvalue weighted by atomic mass is 19.4. The number of carbonyl (C=O) groups excluding carboxylic acids is 1. The summed E-state index contributed by atoms with van der Waals surface area (Å²) in [5.41, 5.74) is -1.62. The van der Waals surface area contributed by atoms with E-state index in [-0.39, 0.29) is 23.2 Å². The van der Waals surface area contributed by atoms with Crippen LogP contribution in [0, 0.1) is 0 Å². The molecular weight excluding hydrogens is 447 g/mol. The van der Waals surface area contributed by atoms with Crippen LogP contribution in [-0.2, 0) is 23.7 Å². The van der Waals surface area contributed by atoms with Gasteiger partial charge in [-0.05, 0) is 25.6 Å². The second-order valence-electron chi connectivity index (χ2n) is 7.41. The molecule has 2 aromatic rings. The van der Waals surface area contributed by atoms with Gasteiger partial charge in [0.1, 0.15) is 6.17 Å². The Morgan fingerprint density at radius 2 is 1.72 bits per heavy atom. The van der Waals surface area contributed by atoms with Gasteiger partial charge in [0.15, 0.2) is 0 Å². The fraction of sp³-hybridized carbons (Fsp3) is 0.474. The Morgan fingerprint density at radius 3 is 2.22 bits per heavy atom. The van der Waals surface area contributed by atoms with Crippen molar-refractivity contribution < 1.29 is 35.5 Å². The first-order valence-electron chi connectivity index (χ1n) is 9.38. The molecule has 1 aliphatic heterocycles. The van der Waals surface area contributed by atoms with Gasteiger partial charge in [-0.2, -0.15) is 26.3 Å². The van der Waals surface area contributed by atoms with Gasteiger partial charge in [0.05, 0.1) is 17.3 Å². The number of pyridine rings is 1. The van der Waals surface area contributed by atoms with Crippen molar-refractivity contribution in [2.24, 2.45) is 0 Å². The van der Waals surface area contributed by atoms with Crippen LogP contribution in [0.4, 0.5) is 30.7 Å². The smallest absolute Gasteiger partial charge is 0.351 e. The molecule has 0 saturated carbocycles. The Bertz CT molecular complexity index is 978. The van der Waals surface area contributed by atoms with E-state index in [1.807, 2.05) is 0 Å². The summed E-state index contributed by atoms with van der Waals surface area (Å²) >= 11 is 0. The summed E-state index contributed by atoms with van der Waals surface area (Å²) in [4.78, 5) is 23.9. The number of hydrogen-bond donors (Lipinski definition) is 1. The van der Waals surface area contributed by atoms with Crippen molar-refractivity contribution in [3.8, 4) is 11.3 Å². The predicted octanol–water partition coefficient (Wildman–Crippen LogP) is 3.62. The van der Waals surface area contributed by atoms with E-state index in [4.69, 9.17) is 0 Å². The van der Waals surface area contributed by atoms with Gasteiger partial charge in [0.25, 0.3) is 0 Å². The largest absolute Gasteiger partial charge is 0.451 e. The highest BCUT2D eigenvalue weighted by Crippen LogP contribution is 2.34. The molecule has 3 heterocycles. The first-order chi connectivity index (χ1) is 14.8. The molecule has 1 aliphatic rings. The van der Waals surface area contributed by atoms with Crippen molar-refractivity contribution in [3.63, 3.8) is 0 Å². The normalized spacial score (nSPS) is 22.2. The van der Waals surface area contributed by atoms with Gasteiger partial charge in [0, 0.05) is 43.2 Å². The van der Waals surface area contributed by atoms with Gasteiger partial charge < -0.3 is 5.32 Å². The van der Waals surface area contributed by atoms with E-state index < -0.39 is 54.4 Å². The van der Waals surface area contributed by atoms with Crippen LogP contribution in [0.5, 0.6) is 0 Å². The van der Waals surface area contributed by atoms with Crippen LogP contribution in [0.3, 0.4) is 0 Å². The third-order valence-electron chi connectivity index (χ3n) is 5.36.